The van der Waals surface area contributed by atoms with Crippen LogP contribution < -0.4 is 0 Å². The molecular weight excluding hydrogens is 114 g/mol. The van der Waals surface area contributed by atoms with Gasteiger partial charge in [-0.1, -0.05) is 13.0 Å². The predicted octanol–water partition coefficient (Wildman–Crippen LogP) is 1.31. The van der Waals surface area contributed by atoms with Gasteiger partial charge in [0.15, 0.2) is 12.3 Å². The Hall–Kier alpha value is -0.790. The van der Waals surface area contributed by atoms with Gasteiger partial charge in [0.05, 0.1) is 0 Å². The van der Waals surface area contributed by atoms with E-state index in [2.05, 4.69) is 0 Å². The maximum absolute atomic E-state index is 10.8. The maximum Gasteiger partial charge on any atom is 0.174 e. The second-order valence-electron chi connectivity index (χ2n) is 2.23. The second kappa shape index (κ2) is 2.67. The largest absolute Gasteiger partial charge is 0.624 e. The van der Waals surface area contributed by atoms with E-state index in [9.17, 15) is 5.21 Å². The minimum absolute atomic E-state index is 0.190. The lowest BCUT2D eigenvalue weighted by Crippen LogP contribution is -2.22. The van der Waals surface area contributed by atoms with Crippen LogP contribution in [0.1, 0.15) is 19.8 Å². The number of hydrogen-bond donors (Lipinski definition) is 0. The van der Waals surface area contributed by atoms with Crippen molar-refractivity contribution >= 4 is 6.21 Å². The Labute approximate surface area is 55.1 Å². The van der Waals surface area contributed by atoms with Gasteiger partial charge in [-0.05, 0) is 6.08 Å². The first-order valence-corrected chi connectivity index (χ1v) is 3.30. The average Bonchev–Trinajstić information content (AvgIpc) is 1.89. The molecule has 2 nitrogen and oxygen atoms in total. The molecule has 1 heterocycles. The topological polar surface area (TPSA) is 26.1 Å². The van der Waals surface area contributed by atoms with E-state index in [1.54, 1.807) is 12.3 Å². The molecule has 0 amide bonds. The molecule has 2 heteroatoms. The summed E-state index contributed by atoms with van der Waals surface area (Å²) in [5, 5.41) is 10.8. The van der Waals surface area contributed by atoms with Gasteiger partial charge in [0.1, 0.15) is 0 Å². The molecule has 1 atom stereocenters. The molecule has 0 N–H and O–H groups in total. The molecule has 1 rings (SSSR count). The molecule has 0 radical (unpaired) electrons. The average molecular weight is 125 g/mol. The monoisotopic (exact) mass is 125 g/mol. The highest BCUT2D eigenvalue weighted by molar-refractivity contribution is 5.66. The lowest BCUT2D eigenvalue weighted by molar-refractivity contribution is -0.497. The summed E-state index contributed by atoms with van der Waals surface area (Å²) in [5.41, 5.74) is 0. The van der Waals surface area contributed by atoms with E-state index in [-0.39, 0.29) is 6.04 Å². The molecule has 0 aromatic heterocycles. The Bertz CT molecular complexity index is 149. The summed E-state index contributed by atoms with van der Waals surface area (Å²) in [6.45, 7) is 2.03. The smallest absolute Gasteiger partial charge is 0.174 e. The molecule has 0 aromatic rings. The lowest BCUT2D eigenvalue weighted by atomic mass is 10.1. The zero-order valence-electron chi connectivity index (χ0n) is 5.58. The van der Waals surface area contributed by atoms with E-state index >= 15 is 0 Å². The first-order valence-electron chi connectivity index (χ1n) is 3.30. The minimum Gasteiger partial charge on any atom is -0.624 e. The van der Waals surface area contributed by atoms with Crippen molar-refractivity contribution in [2.45, 2.75) is 25.8 Å². The molecular formula is C7H11NO. The Morgan fingerprint density at radius 3 is 3.00 bits per heavy atom. The van der Waals surface area contributed by atoms with Crippen molar-refractivity contribution in [3.63, 3.8) is 0 Å². The first kappa shape index (κ1) is 6.33. The molecule has 1 aliphatic rings. The fourth-order valence-corrected chi connectivity index (χ4v) is 0.954. The molecule has 0 aromatic carbocycles. The van der Waals surface area contributed by atoms with Gasteiger partial charge in [0.2, 0.25) is 0 Å². The van der Waals surface area contributed by atoms with Crippen molar-refractivity contribution in [1.29, 1.82) is 0 Å². The first-order chi connectivity index (χ1) is 4.34. The van der Waals surface area contributed by atoms with Gasteiger partial charge in [0, 0.05) is 12.8 Å². The van der Waals surface area contributed by atoms with Gasteiger partial charge < -0.3 is 5.21 Å². The van der Waals surface area contributed by atoms with E-state index in [4.69, 9.17) is 0 Å². The van der Waals surface area contributed by atoms with Crippen LogP contribution in [0.3, 0.4) is 0 Å². The highest BCUT2D eigenvalue weighted by atomic mass is 16.5. The molecule has 1 aliphatic heterocycles. The fourth-order valence-electron chi connectivity index (χ4n) is 0.954. The number of hydroxylamine groups is 1. The van der Waals surface area contributed by atoms with Crippen molar-refractivity contribution in [3.05, 3.63) is 17.4 Å². The van der Waals surface area contributed by atoms with Crippen molar-refractivity contribution < 1.29 is 4.74 Å². The van der Waals surface area contributed by atoms with Crippen LogP contribution in [0.4, 0.5) is 0 Å². The van der Waals surface area contributed by atoms with Gasteiger partial charge in [0.25, 0.3) is 0 Å². The van der Waals surface area contributed by atoms with Gasteiger partial charge in [-0.2, -0.15) is 0 Å². The van der Waals surface area contributed by atoms with E-state index in [0.717, 1.165) is 17.6 Å². The van der Waals surface area contributed by atoms with Crippen LogP contribution in [0, 0.1) is 5.21 Å². The standard InChI is InChI=1S/C7H11NO/c1-2-7-5-3-4-6-8(7)9/h3-4,6-7H,2,5H2,1H3. The molecule has 0 spiro atoms. The SMILES string of the molecule is CCC1CC=CC=[N+]1[O-]. The maximum atomic E-state index is 10.8. The van der Waals surface area contributed by atoms with E-state index in [0.29, 0.717) is 0 Å². The number of nitrogens with zero attached hydrogens (tertiary/aromatic N) is 1. The van der Waals surface area contributed by atoms with Crippen molar-refractivity contribution in [3.8, 4) is 0 Å². The normalized spacial score (nSPS) is 25.9. The van der Waals surface area contributed by atoms with Crippen LogP contribution in [0.2, 0.25) is 0 Å². The van der Waals surface area contributed by atoms with Crippen molar-refractivity contribution in [1.82, 2.24) is 0 Å². The van der Waals surface area contributed by atoms with E-state index in [1.165, 1.54) is 0 Å². The Balaban J connectivity index is 2.59. The molecule has 0 saturated carbocycles. The summed E-state index contributed by atoms with van der Waals surface area (Å²) in [6.07, 6.45) is 7.25. The summed E-state index contributed by atoms with van der Waals surface area (Å²) in [4.78, 5) is 0. The van der Waals surface area contributed by atoms with Gasteiger partial charge in [-0.15, -0.1) is 0 Å². The summed E-state index contributed by atoms with van der Waals surface area (Å²) in [7, 11) is 0. The zero-order valence-corrected chi connectivity index (χ0v) is 5.58. The van der Waals surface area contributed by atoms with Crippen LogP contribution in [0.25, 0.3) is 0 Å². The highest BCUT2D eigenvalue weighted by Crippen LogP contribution is 2.05. The molecule has 9 heavy (non-hydrogen) atoms. The summed E-state index contributed by atoms with van der Waals surface area (Å²) < 4.78 is 1.03. The summed E-state index contributed by atoms with van der Waals surface area (Å²) in [6, 6.07) is 0.190. The van der Waals surface area contributed by atoms with Crippen LogP contribution in [0.15, 0.2) is 12.2 Å². The molecule has 1 unspecified atom stereocenters. The van der Waals surface area contributed by atoms with Gasteiger partial charge in [-0.3, -0.25) is 0 Å². The summed E-state index contributed by atoms with van der Waals surface area (Å²) >= 11 is 0. The highest BCUT2D eigenvalue weighted by Gasteiger charge is 2.12. The van der Waals surface area contributed by atoms with Crippen LogP contribution in [0.5, 0.6) is 0 Å². The quantitative estimate of drug-likeness (QED) is 0.383. The molecule has 0 aliphatic carbocycles. The number of hydrogen-bond acceptors (Lipinski definition) is 1. The fraction of sp³-hybridized carbons (Fsp3) is 0.571. The molecule has 0 saturated heterocycles. The Kier molecular flexibility index (Phi) is 1.88. The lowest BCUT2D eigenvalue weighted by Gasteiger charge is -2.14. The molecule has 0 bridgehead atoms. The van der Waals surface area contributed by atoms with Crippen molar-refractivity contribution in [2.75, 3.05) is 0 Å². The predicted molar refractivity (Wildman–Crippen MR) is 37.5 cm³/mol. The number of rotatable bonds is 1. The molecule has 50 valence electrons. The zero-order chi connectivity index (χ0) is 6.69. The second-order valence-corrected chi connectivity index (χ2v) is 2.23. The Morgan fingerprint density at radius 1 is 1.78 bits per heavy atom. The minimum atomic E-state index is 0.190. The third kappa shape index (κ3) is 1.31. The van der Waals surface area contributed by atoms with E-state index < -0.39 is 0 Å². The number of allylic oxidation sites excluding steroid dienone is 1. The third-order valence-corrected chi connectivity index (χ3v) is 1.61. The molecule has 0 fully saturated rings. The third-order valence-electron chi connectivity index (χ3n) is 1.61. The van der Waals surface area contributed by atoms with Crippen LogP contribution in [-0.4, -0.2) is 17.0 Å². The van der Waals surface area contributed by atoms with E-state index in [1.807, 2.05) is 13.0 Å². The van der Waals surface area contributed by atoms with Gasteiger partial charge in [-0.25, -0.2) is 4.74 Å². The van der Waals surface area contributed by atoms with Gasteiger partial charge >= 0.3 is 0 Å². The van der Waals surface area contributed by atoms with Crippen molar-refractivity contribution in [2.24, 2.45) is 0 Å². The van der Waals surface area contributed by atoms with Crippen LogP contribution in [-0.2, 0) is 0 Å². The van der Waals surface area contributed by atoms with Crippen LogP contribution >= 0.6 is 0 Å². The Morgan fingerprint density at radius 2 is 2.56 bits per heavy atom. The summed E-state index contributed by atoms with van der Waals surface area (Å²) in [5.74, 6) is 0.